The van der Waals surface area contributed by atoms with Gasteiger partial charge >= 0.3 is 0 Å². The van der Waals surface area contributed by atoms with Crippen molar-refractivity contribution < 1.29 is 19.0 Å². The van der Waals surface area contributed by atoms with Crippen molar-refractivity contribution in [3.8, 4) is 17.2 Å². The van der Waals surface area contributed by atoms with Gasteiger partial charge in [-0.15, -0.1) is 0 Å². The summed E-state index contributed by atoms with van der Waals surface area (Å²) in [7, 11) is 4.71. The highest BCUT2D eigenvalue weighted by Gasteiger charge is 2.13. The fraction of sp³-hybridized carbons (Fsp3) is 0.235. The van der Waals surface area contributed by atoms with Crippen molar-refractivity contribution in [3.05, 3.63) is 36.4 Å². The average molecular weight is 316 g/mol. The molecule has 0 bridgehead atoms. The second-order valence-corrected chi connectivity index (χ2v) is 4.80. The zero-order valence-electron chi connectivity index (χ0n) is 13.6. The molecule has 2 rings (SSSR count). The molecule has 0 atom stereocenters. The van der Waals surface area contributed by atoms with E-state index in [0.717, 1.165) is 17.1 Å². The van der Waals surface area contributed by atoms with Crippen LogP contribution in [0.3, 0.4) is 0 Å². The van der Waals surface area contributed by atoms with Gasteiger partial charge in [-0.25, -0.2) is 0 Å². The molecule has 0 radical (unpaired) electrons. The SMILES string of the molecule is COc1cc(Nc2ccc(NC(C)=O)cc2)cc(OC)c1OC. The van der Waals surface area contributed by atoms with Crippen molar-refractivity contribution in [1.29, 1.82) is 0 Å². The van der Waals surface area contributed by atoms with Gasteiger partial charge in [0.1, 0.15) is 0 Å². The Morgan fingerprint density at radius 1 is 0.826 bits per heavy atom. The Kier molecular flexibility index (Phi) is 5.30. The van der Waals surface area contributed by atoms with Gasteiger partial charge in [-0.3, -0.25) is 4.79 Å². The summed E-state index contributed by atoms with van der Waals surface area (Å²) in [6.45, 7) is 1.47. The van der Waals surface area contributed by atoms with E-state index in [2.05, 4.69) is 10.6 Å². The highest BCUT2D eigenvalue weighted by atomic mass is 16.5. The summed E-state index contributed by atoms with van der Waals surface area (Å²) < 4.78 is 16.0. The molecule has 0 saturated heterocycles. The maximum Gasteiger partial charge on any atom is 0.221 e. The van der Waals surface area contributed by atoms with E-state index < -0.39 is 0 Å². The van der Waals surface area contributed by atoms with Crippen molar-refractivity contribution in [2.24, 2.45) is 0 Å². The van der Waals surface area contributed by atoms with Crippen LogP contribution in [0.15, 0.2) is 36.4 Å². The van der Waals surface area contributed by atoms with Crippen LogP contribution < -0.4 is 24.8 Å². The van der Waals surface area contributed by atoms with Crippen molar-refractivity contribution in [1.82, 2.24) is 0 Å². The molecular weight excluding hydrogens is 296 g/mol. The minimum atomic E-state index is -0.102. The number of anilines is 3. The number of amides is 1. The lowest BCUT2D eigenvalue weighted by Crippen LogP contribution is -2.05. The number of hydrogen-bond donors (Lipinski definition) is 2. The largest absolute Gasteiger partial charge is 0.493 e. The summed E-state index contributed by atoms with van der Waals surface area (Å²) in [5.41, 5.74) is 2.41. The van der Waals surface area contributed by atoms with E-state index in [0.29, 0.717) is 17.2 Å². The molecule has 2 aromatic rings. The number of methoxy groups -OCH3 is 3. The molecule has 1 amide bonds. The first-order valence-electron chi connectivity index (χ1n) is 7.02. The number of rotatable bonds is 6. The van der Waals surface area contributed by atoms with Gasteiger partial charge in [0, 0.05) is 36.1 Å². The van der Waals surface area contributed by atoms with Gasteiger partial charge in [0.05, 0.1) is 21.3 Å². The van der Waals surface area contributed by atoms with Crippen molar-refractivity contribution >= 4 is 23.0 Å². The molecule has 0 heterocycles. The third kappa shape index (κ3) is 4.06. The maximum absolute atomic E-state index is 11.0. The first-order chi connectivity index (χ1) is 11.1. The van der Waals surface area contributed by atoms with Crippen molar-refractivity contribution in [3.63, 3.8) is 0 Å². The van der Waals surface area contributed by atoms with Gasteiger partial charge in [-0.05, 0) is 24.3 Å². The predicted octanol–water partition coefficient (Wildman–Crippen LogP) is 3.41. The molecule has 0 unspecified atom stereocenters. The molecule has 0 aliphatic rings. The maximum atomic E-state index is 11.0. The van der Waals surface area contributed by atoms with Crippen LogP contribution in [0.25, 0.3) is 0 Å². The molecular formula is C17H20N2O4. The zero-order chi connectivity index (χ0) is 16.8. The molecule has 6 heteroatoms. The van der Waals surface area contributed by atoms with Crippen LogP contribution >= 0.6 is 0 Å². The normalized spacial score (nSPS) is 9.91. The molecule has 6 nitrogen and oxygen atoms in total. The highest BCUT2D eigenvalue weighted by Crippen LogP contribution is 2.40. The molecule has 23 heavy (non-hydrogen) atoms. The topological polar surface area (TPSA) is 68.8 Å². The number of hydrogen-bond acceptors (Lipinski definition) is 5. The quantitative estimate of drug-likeness (QED) is 0.854. The first-order valence-corrected chi connectivity index (χ1v) is 7.02. The van der Waals surface area contributed by atoms with Gasteiger partial charge in [0.15, 0.2) is 11.5 Å². The summed E-state index contributed by atoms with van der Waals surface area (Å²) >= 11 is 0. The summed E-state index contributed by atoms with van der Waals surface area (Å²) in [4.78, 5) is 11.0. The Labute approximate surface area is 135 Å². The zero-order valence-corrected chi connectivity index (χ0v) is 13.6. The van der Waals surface area contributed by atoms with Crippen molar-refractivity contribution in [2.75, 3.05) is 32.0 Å². The summed E-state index contributed by atoms with van der Waals surface area (Å²) in [5, 5.41) is 5.98. The minimum Gasteiger partial charge on any atom is -0.493 e. The van der Waals surface area contributed by atoms with E-state index in [1.165, 1.54) is 6.92 Å². The third-order valence-corrected chi connectivity index (χ3v) is 3.16. The third-order valence-electron chi connectivity index (χ3n) is 3.16. The summed E-state index contributed by atoms with van der Waals surface area (Å²) in [6, 6.07) is 11.0. The second-order valence-electron chi connectivity index (χ2n) is 4.80. The lowest BCUT2D eigenvalue weighted by atomic mass is 10.2. The van der Waals surface area contributed by atoms with Gasteiger partial charge < -0.3 is 24.8 Å². The van der Waals surface area contributed by atoms with E-state index in [1.807, 2.05) is 36.4 Å². The van der Waals surface area contributed by atoms with E-state index in [9.17, 15) is 4.79 Å². The molecule has 0 aliphatic carbocycles. The lowest BCUT2D eigenvalue weighted by molar-refractivity contribution is -0.114. The second kappa shape index (κ2) is 7.40. The molecule has 2 N–H and O–H groups in total. The number of carbonyl (C=O) groups is 1. The fourth-order valence-electron chi connectivity index (χ4n) is 2.16. The number of carbonyl (C=O) groups excluding carboxylic acids is 1. The first kappa shape index (κ1) is 16.5. The van der Waals surface area contributed by atoms with Gasteiger partial charge in [-0.2, -0.15) is 0 Å². The fourth-order valence-corrected chi connectivity index (χ4v) is 2.16. The van der Waals surface area contributed by atoms with Crippen LogP contribution in [0.1, 0.15) is 6.92 Å². The predicted molar refractivity (Wildman–Crippen MR) is 90.1 cm³/mol. The van der Waals surface area contributed by atoms with Crippen molar-refractivity contribution in [2.45, 2.75) is 6.92 Å². The lowest BCUT2D eigenvalue weighted by Gasteiger charge is -2.15. The summed E-state index contributed by atoms with van der Waals surface area (Å²) in [5.74, 6) is 1.59. The van der Waals surface area contributed by atoms with Crippen LogP contribution in [0.4, 0.5) is 17.1 Å². The molecule has 0 aromatic heterocycles. The van der Waals surface area contributed by atoms with E-state index in [1.54, 1.807) is 21.3 Å². The smallest absolute Gasteiger partial charge is 0.221 e. The van der Waals surface area contributed by atoms with E-state index >= 15 is 0 Å². The van der Waals surface area contributed by atoms with E-state index in [-0.39, 0.29) is 5.91 Å². The number of ether oxygens (including phenoxy) is 3. The Balaban J connectivity index is 2.24. The summed E-state index contributed by atoms with van der Waals surface area (Å²) in [6.07, 6.45) is 0. The Bertz CT molecular complexity index is 658. The van der Waals surface area contributed by atoms with E-state index in [4.69, 9.17) is 14.2 Å². The van der Waals surface area contributed by atoms with Crippen LogP contribution in [0.5, 0.6) is 17.2 Å². The molecule has 0 aliphatic heterocycles. The minimum absolute atomic E-state index is 0.102. The number of nitrogens with one attached hydrogen (secondary N) is 2. The molecule has 0 spiro atoms. The monoisotopic (exact) mass is 316 g/mol. The van der Waals surface area contributed by atoms with Gasteiger partial charge in [0.25, 0.3) is 0 Å². The molecule has 122 valence electrons. The highest BCUT2D eigenvalue weighted by molar-refractivity contribution is 5.88. The van der Waals surface area contributed by atoms with Gasteiger partial charge in [-0.1, -0.05) is 0 Å². The van der Waals surface area contributed by atoms with Gasteiger partial charge in [0.2, 0.25) is 11.7 Å². The van der Waals surface area contributed by atoms with Crippen LogP contribution in [-0.2, 0) is 4.79 Å². The Morgan fingerprint density at radius 3 is 1.78 bits per heavy atom. The number of benzene rings is 2. The molecule has 2 aromatic carbocycles. The van der Waals surface area contributed by atoms with Crippen LogP contribution in [0, 0.1) is 0 Å². The average Bonchev–Trinajstić information content (AvgIpc) is 2.55. The van der Waals surface area contributed by atoms with Crippen LogP contribution in [-0.4, -0.2) is 27.2 Å². The Hall–Kier alpha value is -2.89. The molecule has 0 fully saturated rings. The molecule has 0 saturated carbocycles. The Morgan fingerprint density at radius 2 is 1.35 bits per heavy atom. The van der Waals surface area contributed by atoms with Crippen LogP contribution in [0.2, 0.25) is 0 Å². The standard InChI is InChI=1S/C17H20N2O4/c1-11(20)18-12-5-7-13(8-6-12)19-14-9-15(21-2)17(23-4)16(10-14)22-3/h5-10,19H,1-4H3,(H,18,20).